The van der Waals surface area contributed by atoms with Gasteiger partial charge in [-0.2, -0.15) is 0 Å². The van der Waals surface area contributed by atoms with Crippen LogP contribution in [0.2, 0.25) is 20.1 Å². The highest BCUT2D eigenvalue weighted by molar-refractivity contribution is 6.46. The average molecular weight is 335 g/mol. The maximum atomic E-state index is 11.5. The highest BCUT2D eigenvalue weighted by Gasteiger charge is 2.17. The van der Waals surface area contributed by atoms with Crippen molar-refractivity contribution in [3.8, 4) is 11.1 Å². The van der Waals surface area contributed by atoms with Crippen LogP contribution in [0.15, 0.2) is 30.3 Å². The smallest absolute Gasteiger partial charge is 0.249 e. The maximum absolute atomic E-state index is 11.5. The van der Waals surface area contributed by atoms with Gasteiger partial charge in [-0.15, -0.1) is 0 Å². The highest BCUT2D eigenvalue weighted by Crippen LogP contribution is 2.40. The van der Waals surface area contributed by atoms with E-state index in [-0.39, 0.29) is 10.6 Å². The molecule has 6 heteroatoms. The molecule has 0 unspecified atom stereocenters. The van der Waals surface area contributed by atoms with Crippen molar-refractivity contribution >= 4 is 52.3 Å². The van der Waals surface area contributed by atoms with Gasteiger partial charge in [-0.3, -0.25) is 4.79 Å². The molecule has 1 amide bonds. The Morgan fingerprint density at radius 3 is 2.21 bits per heavy atom. The first-order valence-corrected chi connectivity index (χ1v) is 6.66. The van der Waals surface area contributed by atoms with Crippen molar-refractivity contribution in [2.24, 2.45) is 5.73 Å². The number of hydrogen-bond acceptors (Lipinski definition) is 1. The normalized spacial score (nSPS) is 10.5. The standard InChI is InChI=1S/C13H7Cl4NO/c14-6-1-2-7(8(5-6)13(18)19)11-9(15)3-4-10(16)12(11)17/h1-5H,(H2,18,19). The summed E-state index contributed by atoms with van der Waals surface area (Å²) in [6.45, 7) is 0. The molecule has 0 atom stereocenters. The van der Waals surface area contributed by atoms with Crippen LogP contribution in [0.25, 0.3) is 11.1 Å². The Labute approximate surface area is 130 Å². The summed E-state index contributed by atoms with van der Waals surface area (Å²) in [7, 11) is 0. The average Bonchev–Trinajstić information content (AvgIpc) is 2.36. The van der Waals surface area contributed by atoms with Crippen molar-refractivity contribution < 1.29 is 4.79 Å². The Bertz CT molecular complexity index is 670. The van der Waals surface area contributed by atoms with Crippen LogP contribution in [0.1, 0.15) is 10.4 Å². The minimum Gasteiger partial charge on any atom is -0.366 e. The highest BCUT2D eigenvalue weighted by atomic mass is 35.5. The molecule has 0 aliphatic carbocycles. The lowest BCUT2D eigenvalue weighted by Crippen LogP contribution is -2.12. The number of carbonyl (C=O) groups excluding carboxylic acids is 1. The summed E-state index contributed by atoms with van der Waals surface area (Å²) < 4.78 is 0. The third kappa shape index (κ3) is 2.82. The summed E-state index contributed by atoms with van der Waals surface area (Å²) in [5.74, 6) is -0.621. The number of amides is 1. The van der Waals surface area contributed by atoms with Crippen LogP contribution in [0.4, 0.5) is 0 Å². The summed E-state index contributed by atoms with van der Waals surface area (Å²) in [6, 6.07) is 7.90. The van der Waals surface area contributed by atoms with E-state index in [1.54, 1.807) is 24.3 Å². The molecule has 0 saturated heterocycles. The largest absolute Gasteiger partial charge is 0.366 e. The number of benzene rings is 2. The summed E-state index contributed by atoms with van der Waals surface area (Å²) >= 11 is 24.1. The lowest BCUT2D eigenvalue weighted by atomic mass is 9.99. The quantitative estimate of drug-likeness (QED) is 0.766. The Hall–Kier alpha value is -0.930. The fourth-order valence-corrected chi connectivity index (χ4v) is 2.62. The summed E-state index contributed by atoms with van der Waals surface area (Å²) in [5.41, 5.74) is 6.53. The molecule has 2 aromatic carbocycles. The fraction of sp³-hybridized carbons (Fsp3) is 0. The van der Waals surface area contributed by atoms with Gasteiger partial charge in [0.2, 0.25) is 5.91 Å². The van der Waals surface area contributed by atoms with E-state index in [9.17, 15) is 4.79 Å². The molecule has 2 nitrogen and oxygen atoms in total. The zero-order valence-corrected chi connectivity index (χ0v) is 12.4. The van der Waals surface area contributed by atoms with Crippen molar-refractivity contribution in [2.45, 2.75) is 0 Å². The van der Waals surface area contributed by atoms with Crippen molar-refractivity contribution in [1.29, 1.82) is 0 Å². The van der Waals surface area contributed by atoms with Crippen LogP contribution in [-0.4, -0.2) is 5.91 Å². The minimum atomic E-state index is -0.621. The predicted octanol–water partition coefficient (Wildman–Crippen LogP) is 5.07. The van der Waals surface area contributed by atoms with Gasteiger partial charge in [0.1, 0.15) is 0 Å². The minimum absolute atomic E-state index is 0.235. The van der Waals surface area contributed by atoms with E-state index in [0.29, 0.717) is 26.2 Å². The topological polar surface area (TPSA) is 43.1 Å². The van der Waals surface area contributed by atoms with Crippen LogP contribution in [0.3, 0.4) is 0 Å². The first-order valence-electron chi connectivity index (χ1n) is 5.15. The molecular formula is C13H7Cl4NO. The molecule has 0 aliphatic rings. The lowest BCUT2D eigenvalue weighted by Gasteiger charge is -2.12. The number of primary amides is 1. The van der Waals surface area contributed by atoms with Crippen molar-refractivity contribution in [3.63, 3.8) is 0 Å². The Morgan fingerprint density at radius 2 is 1.58 bits per heavy atom. The second-order valence-electron chi connectivity index (χ2n) is 3.77. The van der Waals surface area contributed by atoms with Gasteiger partial charge in [-0.25, -0.2) is 0 Å². The van der Waals surface area contributed by atoms with Crippen LogP contribution in [0.5, 0.6) is 0 Å². The van der Waals surface area contributed by atoms with Gasteiger partial charge in [0.25, 0.3) is 0 Å². The Morgan fingerprint density at radius 1 is 0.947 bits per heavy atom. The molecule has 0 radical (unpaired) electrons. The van der Waals surface area contributed by atoms with E-state index in [0.717, 1.165) is 0 Å². The monoisotopic (exact) mass is 333 g/mol. The van der Waals surface area contributed by atoms with E-state index < -0.39 is 5.91 Å². The molecule has 0 fully saturated rings. The Balaban J connectivity index is 2.79. The molecule has 2 aromatic rings. The van der Waals surface area contributed by atoms with Crippen molar-refractivity contribution in [2.75, 3.05) is 0 Å². The molecule has 2 rings (SSSR count). The second kappa shape index (κ2) is 5.59. The molecule has 98 valence electrons. The van der Waals surface area contributed by atoms with Crippen LogP contribution in [-0.2, 0) is 0 Å². The van der Waals surface area contributed by atoms with Gasteiger partial charge in [-0.05, 0) is 29.8 Å². The SMILES string of the molecule is NC(=O)c1cc(Cl)ccc1-c1c(Cl)ccc(Cl)c1Cl. The molecule has 0 spiro atoms. The predicted molar refractivity (Wildman–Crippen MR) is 80.4 cm³/mol. The van der Waals surface area contributed by atoms with Gasteiger partial charge in [0, 0.05) is 16.1 Å². The Kier molecular flexibility index (Phi) is 4.26. The first kappa shape index (κ1) is 14.5. The summed E-state index contributed by atoms with van der Waals surface area (Å²) in [4.78, 5) is 11.5. The summed E-state index contributed by atoms with van der Waals surface area (Å²) in [6.07, 6.45) is 0. The number of nitrogens with two attached hydrogens (primary N) is 1. The van der Waals surface area contributed by atoms with Crippen LogP contribution in [0, 0.1) is 0 Å². The molecule has 0 bridgehead atoms. The van der Waals surface area contributed by atoms with Gasteiger partial charge in [-0.1, -0.05) is 52.5 Å². The summed E-state index contributed by atoms with van der Waals surface area (Å²) in [5, 5.41) is 1.37. The first-order chi connectivity index (χ1) is 8.91. The molecule has 0 aliphatic heterocycles. The maximum Gasteiger partial charge on any atom is 0.249 e. The van der Waals surface area contributed by atoms with E-state index in [4.69, 9.17) is 52.1 Å². The molecule has 2 N–H and O–H groups in total. The molecule has 0 aromatic heterocycles. The van der Waals surface area contributed by atoms with Gasteiger partial charge in [0.15, 0.2) is 0 Å². The zero-order valence-electron chi connectivity index (χ0n) is 9.38. The van der Waals surface area contributed by atoms with Crippen LogP contribution >= 0.6 is 46.4 Å². The van der Waals surface area contributed by atoms with E-state index >= 15 is 0 Å². The number of carbonyl (C=O) groups is 1. The number of hydrogen-bond donors (Lipinski definition) is 1. The molecule has 0 heterocycles. The number of halogens is 4. The number of rotatable bonds is 2. The van der Waals surface area contributed by atoms with E-state index in [1.807, 2.05) is 0 Å². The van der Waals surface area contributed by atoms with Gasteiger partial charge >= 0.3 is 0 Å². The third-order valence-electron chi connectivity index (χ3n) is 2.56. The van der Waals surface area contributed by atoms with Gasteiger partial charge < -0.3 is 5.73 Å². The zero-order chi connectivity index (χ0) is 14.2. The van der Waals surface area contributed by atoms with E-state index in [1.165, 1.54) is 6.07 Å². The van der Waals surface area contributed by atoms with Crippen LogP contribution < -0.4 is 5.73 Å². The second-order valence-corrected chi connectivity index (χ2v) is 5.40. The van der Waals surface area contributed by atoms with Crippen molar-refractivity contribution in [3.05, 3.63) is 56.0 Å². The molecule has 19 heavy (non-hydrogen) atoms. The van der Waals surface area contributed by atoms with Gasteiger partial charge in [0.05, 0.1) is 15.1 Å². The fourth-order valence-electron chi connectivity index (χ4n) is 1.71. The van der Waals surface area contributed by atoms with Crippen molar-refractivity contribution in [1.82, 2.24) is 0 Å². The molecule has 0 saturated carbocycles. The van der Waals surface area contributed by atoms with E-state index in [2.05, 4.69) is 0 Å². The molecular weight excluding hydrogens is 328 g/mol. The lowest BCUT2D eigenvalue weighted by molar-refractivity contribution is 0.100. The third-order valence-corrected chi connectivity index (χ3v) is 3.91.